The first-order chi connectivity index (χ1) is 14.5. The molecule has 3 rings (SSSR count). The fraction of sp³-hybridized carbons (Fsp3) is 0.381. The summed E-state index contributed by atoms with van der Waals surface area (Å²) >= 11 is 5.69. The maximum absolute atomic E-state index is 13.2. The third-order valence-corrected chi connectivity index (χ3v) is 7.51. The zero-order valence-corrected chi connectivity index (χ0v) is 17.8. The normalized spacial score (nSPS) is 19.8. The van der Waals surface area contributed by atoms with Crippen molar-refractivity contribution in [2.45, 2.75) is 42.8 Å². The largest absolute Gasteiger partial charge is 0.416 e. The van der Waals surface area contributed by atoms with Crippen molar-refractivity contribution in [3.05, 3.63) is 64.4 Å². The number of amides is 1. The van der Waals surface area contributed by atoms with Crippen molar-refractivity contribution in [2.24, 2.45) is 5.92 Å². The SMILES string of the molecule is O=C(NC1CCC(CS(=O)(=O)c2cccc(C(F)(F)F)c2)CC1)c1ccc(F)c(Cl)c1. The molecule has 168 valence electrons. The molecule has 31 heavy (non-hydrogen) atoms. The van der Waals surface area contributed by atoms with Gasteiger partial charge in [0.25, 0.3) is 5.91 Å². The van der Waals surface area contributed by atoms with Gasteiger partial charge in [-0.3, -0.25) is 4.79 Å². The van der Waals surface area contributed by atoms with E-state index < -0.39 is 33.3 Å². The van der Waals surface area contributed by atoms with Gasteiger partial charge in [0.05, 0.1) is 21.2 Å². The van der Waals surface area contributed by atoms with E-state index in [2.05, 4.69) is 5.32 Å². The third kappa shape index (κ3) is 5.98. The molecular weight excluding hydrogens is 458 g/mol. The highest BCUT2D eigenvalue weighted by Gasteiger charge is 2.33. The van der Waals surface area contributed by atoms with Gasteiger partial charge >= 0.3 is 6.18 Å². The molecule has 0 atom stereocenters. The number of carbonyl (C=O) groups is 1. The molecule has 1 aliphatic carbocycles. The van der Waals surface area contributed by atoms with E-state index in [1.807, 2.05) is 0 Å². The highest BCUT2D eigenvalue weighted by molar-refractivity contribution is 7.91. The minimum Gasteiger partial charge on any atom is -0.349 e. The molecule has 0 spiro atoms. The average Bonchev–Trinajstić information content (AvgIpc) is 2.71. The summed E-state index contributed by atoms with van der Waals surface area (Å²) in [4.78, 5) is 12.0. The Morgan fingerprint density at radius 3 is 2.35 bits per heavy atom. The Labute approximate surface area is 182 Å². The Balaban J connectivity index is 1.57. The van der Waals surface area contributed by atoms with E-state index in [0.29, 0.717) is 31.7 Å². The highest BCUT2D eigenvalue weighted by Crippen LogP contribution is 2.32. The lowest BCUT2D eigenvalue weighted by atomic mass is 9.87. The van der Waals surface area contributed by atoms with Gasteiger partial charge in [-0.05, 0) is 68.0 Å². The molecule has 0 unspecified atom stereocenters. The predicted molar refractivity (Wildman–Crippen MR) is 108 cm³/mol. The van der Waals surface area contributed by atoms with Gasteiger partial charge in [0.15, 0.2) is 9.84 Å². The maximum atomic E-state index is 13.2. The van der Waals surface area contributed by atoms with Crippen LogP contribution in [0.25, 0.3) is 0 Å². The van der Waals surface area contributed by atoms with Gasteiger partial charge in [-0.15, -0.1) is 0 Å². The number of hydrogen-bond acceptors (Lipinski definition) is 3. The maximum Gasteiger partial charge on any atom is 0.416 e. The predicted octanol–water partition coefficient (Wildman–Crippen LogP) is 5.26. The lowest BCUT2D eigenvalue weighted by Crippen LogP contribution is -2.38. The van der Waals surface area contributed by atoms with Crippen LogP contribution in [0, 0.1) is 11.7 Å². The summed E-state index contributed by atoms with van der Waals surface area (Å²) in [6.07, 6.45) is -2.54. The second-order valence-electron chi connectivity index (χ2n) is 7.63. The van der Waals surface area contributed by atoms with Gasteiger partial charge < -0.3 is 5.32 Å². The zero-order chi connectivity index (χ0) is 22.8. The summed E-state index contributed by atoms with van der Waals surface area (Å²) in [6, 6.07) is 7.24. The minimum atomic E-state index is -4.61. The first kappa shape index (κ1) is 23.5. The van der Waals surface area contributed by atoms with Crippen LogP contribution in [0.15, 0.2) is 47.4 Å². The Morgan fingerprint density at radius 2 is 1.74 bits per heavy atom. The summed E-state index contributed by atoms with van der Waals surface area (Å²) in [5.74, 6) is -1.49. The molecule has 0 radical (unpaired) electrons. The molecule has 0 aliphatic heterocycles. The lowest BCUT2D eigenvalue weighted by molar-refractivity contribution is -0.137. The van der Waals surface area contributed by atoms with E-state index in [9.17, 15) is 30.8 Å². The van der Waals surface area contributed by atoms with Gasteiger partial charge in [-0.1, -0.05) is 17.7 Å². The number of alkyl halides is 3. The van der Waals surface area contributed by atoms with Gasteiger partial charge in [0, 0.05) is 11.6 Å². The molecule has 0 aromatic heterocycles. The quantitative estimate of drug-likeness (QED) is 0.597. The average molecular weight is 478 g/mol. The van der Waals surface area contributed by atoms with Crippen LogP contribution in [0.3, 0.4) is 0 Å². The number of hydrogen-bond donors (Lipinski definition) is 1. The summed E-state index contributed by atoms with van der Waals surface area (Å²) in [5.41, 5.74) is -0.776. The van der Waals surface area contributed by atoms with E-state index in [0.717, 1.165) is 18.2 Å². The standard InChI is InChI=1S/C21H20ClF4NO3S/c22-18-10-14(6-9-19(18)23)20(28)27-16-7-4-13(5-8-16)12-31(29,30)17-3-1-2-15(11-17)21(24,25)26/h1-3,6,9-11,13,16H,4-5,7-8,12H2,(H,27,28). The van der Waals surface area contributed by atoms with Crippen molar-refractivity contribution in [1.29, 1.82) is 0 Å². The summed E-state index contributed by atoms with van der Waals surface area (Å²) in [5, 5.41) is 2.67. The van der Waals surface area contributed by atoms with Gasteiger partial charge in [-0.2, -0.15) is 13.2 Å². The molecule has 1 N–H and O–H groups in total. The highest BCUT2D eigenvalue weighted by atomic mass is 35.5. The Hall–Kier alpha value is -2.13. The van der Waals surface area contributed by atoms with Crippen LogP contribution in [-0.2, 0) is 16.0 Å². The Kier molecular flexibility index (Phi) is 6.95. The molecule has 10 heteroatoms. The topological polar surface area (TPSA) is 63.2 Å². The van der Waals surface area contributed by atoms with Crippen molar-refractivity contribution in [1.82, 2.24) is 5.32 Å². The first-order valence-electron chi connectivity index (χ1n) is 9.61. The van der Waals surface area contributed by atoms with Crippen molar-refractivity contribution in [3.8, 4) is 0 Å². The van der Waals surface area contributed by atoms with Crippen LogP contribution >= 0.6 is 11.6 Å². The molecule has 1 aliphatic rings. The number of benzene rings is 2. The lowest BCUT2D eigenvalue weighted by Gasteiger charge is -2.29. The smallest absolute Gasteiger partial charge is 0.349 e. The molecular formula is C21H20ClF4NO3S. The van der Waals surface area contributed by atoms with Gasteiger partial charge in [-0.25, -0.2) is 12.8 Å². The summed E-state index contributed by atoms with van der Waals surface area (Å²) < 4.78 is 77.1. The van der Waals surface area contributed by atoms with Gasteiger partial charge in [0.1, 0.15) is 5.82 Å². The molecule has 0 heterocycles. The molecule has 0 bridgehead atoms. The summed E-state index contributed by atoms with van der Waals surface area (Å²) in [7, 11) is -3.87. The first-order valence-corrected chi connectivity index (χ1v) is 11.6. The monoisotopic (exact) mass is 477 g/mol. The van der Waals surface area contributed by atoms with Crippen molar-refractivity contribution >= 4 is 27.3 Å². The van der Waals surface area contributed by atoms with Crippen LogP contribution in [0.5, 0.6) is 0 Å². The zero-order valence-electron chi connectivity index (χ0n) is 16.3. The Bertz CT molecular complexity index is 1060. The van der Waals surface area contributed by atoms with Crippen molar-refractivity contribution < 1.29 is 30.8 Å². The van der Waals surface area contributed by atoms with Gasteiger partial charge in [0.2, 0.25) is 0 Å². The second-order valence-corrected chi connectivity index (χ2v) is 10.1. The van der Waals surface area contributed by atoms with Crippen LogP contribution < -0.4 is 5.32 Å². The van der Waals surface area contributed by atoms with E-state index >= 15 is 0 Å². The number of halogens is 5. The van der Waals surface area contributed by atoms with E-state index in [-0.39, 0.29) is 33.2 Å². The van der Waals surface area contributed by atoms with Crippen LogP contribution in [-0.4, -0.2) is 26.1 Å². The second kappa shape index (κ2) is 9.16. The minimum absolute atomic E-state index is 0.156. The molecule has 2 aromatic carbocycles. The molecule has 1 fully saturated rings. The van der Waals surface area contributed by atoms with E-state index in [1.54, 1.807) is 0 Å². The van der Waals surface area contributed by atoms with Crippen molar-refractivity contribution in [2.75, 3.05) is 5.75 Å². The van der Waals surface area contributed by atoms with E-state index in [1.165, 1.54) is 18.2 Å². The third-order valence-electron chi connectivity index (χ3n) is 5.34. The molecule has 1 amide bonds. The Morgan fingerprint density at radius 1 is 1.06 bits per heavy atom. The fourth-order valence-electron chi connectivity index (χ4n) is 3.65. The molecule has 4 nitrogen and oxygen atoms in total. The molecule has 0 saturated heterocycles. The van der Waals surface area contributed by atoms with Crippen LogP contribution in [0.2, 0.25) is 5.02 Å². The van der Waals surface area contributed by atoms with Crippen LogP contribution in [0.1, 0.15) is 41.6 Å². The number of carbonyl (C=O) groups excluding carboxylic acids is 1. The molecule has 2 aromatic rings. The fourth-order valence-corrected chi connectivity index (χ4v) is 5.57. The van der Waals surface area contributed by atoms with Crippen molar-refractivity contribution in [3.63, 3.8) is 0 Å². The molecule has 1 saturated carbocycles. The number of rotatable bonds is 5. The summed E-state index contributed by atoms with van der Waals surface area (Å²) in [6.45, 7) is 0. The number of sulfone groups is 1. The van der Waals surface area contributed by atoms with Crippen LogP contribution in [0.4, 0.5) is 17.6 Å². The number of nitrogens with one attached hydrogen (secondary N) is 1. The van der Waals surface area contributed by atoms with E-state index in [4.69, 9.17) is 11.6 Å².